The second-order valence-corrected chi connectivity index (χ2v) is 17.5. The molecule has 0 radical (unpaired) electrons. The number of benzene rings is 10. The Morgan fingerprint density at radius 2 is 1.00 bits per heavy atom. The van der Waals surface area contributed by atoms with Gasteiger partial charge < -0.3 is 13.7 Å². The number of aromatic nitrogens is 3. The predicted octanol–water partition coefficient (Wildman–Crippen LogP) is 15.8. The second kappa shape index (κ2) is 14.0. The minimum Gasteiger partial charge on any atom is -0.309 e. The zero-order valence-electron chi connectivity index (χ0n) is 35.8. The molecule has 0 spiro atoms. The van der Waals surface area contributed by atoms with Crippen LogP contribution in [0.2, 0.25) is 0 Å². The molecule has 0 aliphatic heterocycles. The summed E-state index contributed by atoms with van der Waals surface area (Å²) >= 11 is 0. The van der Waals surface area contributed by atoms with Crippen LogP contribution in [0.5, 0.6) is 0 Å². The van der Waals surface area contributed by atoms with Crippen molar-refractivity contribution in [3.8, 4) is 56.5 Å². The molecule has 0 amide bonds. The first kappa shape index (κ1) is 36.6. The molecule has 3 aromatic heterocycles. The van der Waals surface area contributed by atoms with E-state index < -0.39 is 0 Å². The van der Waals surface area contributed by atoms with Crippen molar-refractivity contribution in [3.05, 3.63) is 235 Å². The molecule has 306 valence electrons. The van der Waals surface area contributed by atoms with Crippen LogP contribution in [0.15, 0.2) is 218 Å². The lowest BCUT2D eigenvalue weighted by molar-refractivity contribution is 1.13. The maximum atomic E-state index is 10.7. The zero-order chi connectivity index (χ0) is 43.5. The Balaban J connectivity index is 1.08. The van der Waals surface area contributed by atoms with E-state index in [-0.39, 0.29) is 0 Å². The average molecular weight is 839 g/mol. The van der Waals surface area contributed by atoms with E-state index in [1.807, 2.05) is 18.2 Å². The standard InChI is InChI=1S/C62H38N4/c63-38-43-34-41(27-29-46(43)39-15-3-1-4-16-39)48-30-28-45(36-60(48)66-56-25-13-10-22-50(56)54-37-53-42(35-59(54)66)33-40-17-7-8-20-47(40)53)64-57-26-14-11-23-52(57)61-58(64)32-31-51-49-21-9-12-24-55(49)65(62(51)61)44-18-5-2-6-19-44/h1-32,34-37H,33H2. The molecule has 0 bridgehead atoms. The largest absolute Gasteiger partial charge is 0.309 e. The summed E-state index contributed by atoms with van der Waals surface area (Å²) in [5.74, 6) is 0. The number of hydrogen-bond acceptors (Lipinski definition) is 1. The Labute approximate surface area is 380 Å². The average Bonchev–Trinajstić information content (AvgIpc) is 4.12. The van der Waals surface area contributed by atoms with Gasteiger partial charge in [-0.25, -0.2) is 0 Å². The minimum atomic E-state index is 0.645. The monoisotopic (exact) mass is 838 g/mol. The maximum absolute atomic E-state index is 10.7. The van der Waals surface area contributed by atoms with E-state index in [4.69, 9.17) is 0 Å². The third-order valence-electron chi connectivity index (χ3n) is 14.1. The van der Waals surface area contributed by atoms with E-state index in [0.29, 0.717) is 5.56 Å². The predicted molar refractivity (Wildman–Crippen MR) is 273 cm³/mol. The van der Waals surface area contributed by atoms with E-state index in [9.17, 15) is 5.26 Å². The van der Waals surface area contributed by atoms with Crippen molar-refractivity contribution in [3.63, 3.8) is 0 Å². The van der Waals surface area contributed by atoms with Crippen LogP contribution in [0.25, 0.3) is 116 Å². The third kappa shape index (κ3) is 5.20. The molecule has 0 fully saturated rings. The van der Waals surface area contributed by atoms with Crippen LogP contribution in [-0.4, -0.2) is 13.7 Å². The molecule has 3 heterocycles. The quantitative estimate of drug-likeness (QED) is 0.170. The van der Waals surface area contributed by atoms with Crippen LogP contribution in [0.4, 0.5) is 0 Å². The highest BCUT2D eigenvalue weighted by Gasteiger charge is 2.25. The van der Waals surface area contributed by atoms with Crippen molar-refractivity contribution in [1.29, 1.82) is 5.26 Å². The van der Waals surface area contributed by atoms with Gasteiger partial charge in [0.25, 0.3) is 0 Å². The van der Waals surface area contributed by atoms with Gasteiger partial charge in [-0.15, -0.1) is 0 Å². The second-order valence-electron chi connectivity index (χ2n) is 17.5. The van der Waals surface area contributed by atoms with Crippen LogP contribution in [-0.2, 0) is 6.42 Å². The van der Waals surface area contributed by atoms with Crippen molar-refractivity contribution >= 4 is 65.4 Å². The molecule has 0 atom stereocenters. The fourth-order valence-electron chi connectivity index (χ4n) is 11.3. The Kier molecular flexibility index (Phi) is 7.78. The molecule has 4 heteroatoms. The topological polar surface area (TPSA) is 38.6 Å². The molecular weight excluding hydrogens is 801 g/mol. The number of fused-ring (bicyclic) bond motifs is 13. The van der Waals surface area contributed by atoms with E-state index in [2.05, 4.69) is 220 Å². The van der Waals surface area contributed by atoms with Gasteiger partial charge in [0.15, 0.2) is 0 Å². The summed E-state index contributed by atoms with van der Waals surface area (Å²) in [5, 5.41) is 18.0. The fraction of sp³-hybridized carbons (Fsp3) is 0.0161. The highest BCUT2D eigenvalue weighted by Crippen LogP contribution is 2.46. The summed E-state index contributed by atoms with van der Waals surface area (Å²) in [4.78, 5) is 0. The number of nitriles is 1. The highest BCUT2D eigenvalue weighted by molar-refractivity contribution is 6.26. The van der Waals surface area contributed by atoms with Gasteiger partial charge in [0.2, 0.25) is 0 Å². The van der Waals surface area contributed by atoms with E-state index in [1.165, 1.54) is 71.1 Å². The van der Waals surface area contributed by atoms with Crippen LogP contribution in [0, 0.1) is 11.3 Å². The van der Waals surface area contributed by atoms with E-state index in [1.54, 1.807) is 0 Å². The normalized spacial score (nSPS) is 12.2. The van der Waals surface area contributed by atoms with Gasteiger partial charge in [-0.1, -0.05) is 152 Å². The van der Waals surface area contributed by atoms with Crippen molar-refractivity contribution < 1.29 is 0 Å². The van der Waals surface area contributed by atoms with Crippen LogP contribution in [0.3, 0.4) is 0 Å². The van der Waals surface area contributed by atoms with Crippen LogP contribution >= 0.6 is 0 Å². The Bertz CT molecular complexity index is 4200. The molecule has 10 aromatic carbocycles. The van der Waals surface area contributed by atoms with Crippen LogP contribution in [0.1, 0.15) is 16.7 Å². The lowest BCUT2D eigenvalue weighted by Crippen LogP contribution is -2.02. The lowest BCUT2D eigenvalue weighted by atomic mass is 9.94. The SMILES string of the molecule is N#Cc1cc(-c2ccc(-n3c4ccccc4c4c3ccc3c5ccccc5n(-c5ccccc5)c34)cc2-n2c3ccccc3c3cc4c(cc32)Cc2ccccc2-4)ccc1-c1ccccc1. The van der Waals surface area contributed by atoms with Gasteiger partial charge in [-0.3, -0.25) is 0 Å². The van der Waals surface area contributed by atoms with Gasteiger partial charge in [-0.2, -0.15) is 5.26 Å². The Morgan fingerprint density at radius 3 is 1.79 bits per heavy atom. The maximum Gasteiger partial charge on any atom is 0.0998 e. The van der Waals surface area contributed by atoms with Crippen LogP contribution < -0.4 is 0 Å². The summed E-state index contributed by atoms with van der Waals surface area (Å²) < 4.78 is 7.37. The first-order chi connectivity index (χ1) is 32.7. The van der Waals surface area contributed by atoms with Crippen molar-refractivity contribution in [2.24, 2.45) is 0 Å². The van der Waals surface area contributed by atoms with Crippen molar-refractivity contribution in [2.45, 2.75) is 6.42 Å². The lowest BCUT2D eigenvalue weighted by Gasteiger charge is -2.18. The van der Waals surface area contributed by atoms with Gasteiger partial charge in [0, 0.05) is 49.3 Å². The smallest absolute Gasteiger partial charge is 0.0998 e. The van der Waals surface area contributed by atoms with Crippen molar-refractivity contribution in [1.82, 2.24) is 13.7 Å². The van der Waals surface area contributed by atoms with Gasteiger partial charge in [-0.05, 0) is 112 Å². The minimum absolute atomic E-state index is 0.645. The Hall–Kier alpha value is -8.91. The summed E-state index contributed by atoms with van der Waals surface area (Å²) in [6.45, 7) is 0. The Morgan fingerprint density at radius 1 is 0.348 bits per heavy atom. The molecular formula is C62H38N4. The number of rotatable bonds is 5. The zero-order valence-corrected chi connectivity index (χ0v) is 35.8. The summed E-state index contributed by atoms with van der Waals surface area (Å²) in [6, 6.07) is 81.5. The number of para-hydroxylation sites is 4. The first-order valence-electron chi connectivity index (χ1n) is 22.6. The van der Waals surface area contributed by atoms with Gasteiger partial charge in [0.05, 0.1) is 50.4 Å². The molecule has 0 saturated heterocycles. The molecule has 1 aliphatic rings. The fourth-order valence-corrected chi connectivity index (χ4v) is 11.3. The molecule has 0 saturated carbocycles. The third-order valence-corrected chi connectivity index (χ3v) is 14.1. The van der Waals surface area contributed by atoms with Gasteiger partial charge >= 0.3 is 0 Å². The molecule has 0 unspecified atom stereocenters. The summed E-state index contributed by atoms with van der Waals surface area (Å²) in [5.41, 5.74) is 20.2. The first-order valence-corrected chi connectivity index (χ1v) is 22.6. The highest BCUT2D eigenvalue weighted by atomic mass is 15.0. The van der Waals surface area contributed by atoms with Gasteiger partial charge in [0.1, 0.15) is 0 Å². The summed E-state index contributed by atoms with van der Waals surface area (Å²) in [6.07, 6.45) is 0.901. The number of nitrogens with zero attached hydrogens (tertiary/aromatic N) is 4. The molecule has 14 rings (SSSR count). The molecule has 4 nitrogen and oxygen atoms in total. The van der Waals surface area contributed by atoms with Crippen molar-refractivity contribution in [2.75, 3.05) is 0 Å². The molecule has 1 aliphatic carbocycles. The van der Waals surface area contributed by atoms with E-state index in [0.717, 1.165) is 62.3 Å². The molecule has 13 aromatic rings. The molecule has 66 heavy (non-hydrogen) atoms. The number of hydrogen-bond donors (Lipinski definition) is 0. The molecule has 0 N–H and O–H groups in total. The van der Waals surface area contributed by atoms with E-state index >= 15 is 0 Å². The summed E-state index contributed by atoms with van der Waals surface area (Å²) in [7, 11) is 0.